The zero-order valence-electron chi connectivity index (χ0n) is 8.92. The first kappa shape index (κ1) is 11.0. The molecule has 3 N–H and O–H groups in total. The van der Waals surface area contributed by atoms with E-state index >= 15 is 0 Å². The van der Waals surface area contributed by atoms with E-state index < -0.39 is 0 Å². The quantitative estimate of drug-likeness (QED) is 0.643. The summed E-state index contributed by atoms with van der Waals surface area (Å²) in [4.78, 5) is 0. The van der Waals surface area contributed by atoms with Crippen molar-refractivity contribution < 1.29 is 4.65 Å². The molecule has 1 saturated heterocycles. The molecule has 76 valence electrons. The van der Waals surface area contributed by atoms with Gasteiger partial charge in [0.05, 0.1) is 6.10 Å². The summed E-state index contributed by atoms with van der Waals surface area (Å²) in [6.45, 7) is 6.36. The Kier molecular flexibility index (Phi) is 4.23. The van der Waals surface area contributed by atoms with Crippen molar-refractivity contribution in [1.82, 2.24) is 5.23 Å². The SMILES string of the molecule is CCC1CC(C(N)CC)OB(C)N1. The van der Waals surface area contributed by atoms with Crippen molar-refractivity contribution in [3.05, 3.63) is 0 Å². The summed E-state index contributed by atoms with van der Waals surface area (Å²) in [7, 11) is 0.154. The number of nitrogens with two attached hydrogens (primary N) is 1. The Bertz CT molecular complexity index is 157. The zero-order valence-corrected chi connectivity index (χ0v) is 8.92. The Hall–Kier alpha value is -0.0551. The van der Waals surface area contributed by atoms with Gasteiger partial charge >= 0.3 is 7.05 Å². The van der Waals surface area contributed by atoms with E-state index in [1.165, 1.54) is 0 Å². The lowest BCUT2D eigenvalue weighted by atomic mass is 9.80. The molecule has 1 rings (SSSR count). The summed E-state index contributed by atoms with van der Waals surface area (Å²) in [5, 5.41) is 3.40. The van der Waals surface area contributed by atoms with E-state index in [9.17, 15) is 0 Å². The number of hydrogen-bond donors (Lipinski definition) is 2. The first-order valence-electron chi connectivity index (χ1n) is 5.34. The Morgan fingerprint density at radius 3 is 2.85 bits per heavy atom. The standard InChI is InChI=1S/C9H21BN2O/c1-4-7-6-9(8(11)5-2)13-10(3)12-7/h7-9,12H,4-6,11H2,1-3H3. The average Bonchev–Trinajstić information content (AvgIpc) is 2.15. The van der Waals surface area contributed by atoms with E-state index in [4.69, 9.17) is 10.4 Å². The number of nitrogens with one attached hydrogen (secondary N) is 1. The van der Waals surface area contributed by atoms with Gasteiger partial charge in [-0.3, -0.25) is 0 Å². The minimum absolute atomic E-state index is 0.154. The van der Waals surface area contributed by atoms with Gasteiger partial charge in [0.2, 0.25) is 0 Å². The molecule has 1 aliphatic heterocycles. The molecule has 0 amide bonds. The van der Waals surface area contributed by atoms with Crippen LogP contribution in [0.1, 0.15) is 33.1 Å². The van der Waals surface area contributed by atoms with Crippen LogP contribution in [0, 0.1) is 0 Å². The largest absolute Gasteiger partial charge is 0.417 e. The molecule has 4 heteroatoms. The second kappa shape index (κ2) is 4.98. The van der Waals surface area contributed by atoms with E-state index in [-0.39, 0.29) is 19.2 Å². The fourth-order valence-corrected chi connectivity index (χ4v) is 1.86. The van der Waals surface area contributed by atoms with Crippen LogP contribution in [-0.4, -0.2) is 25.2 Å². The maximum atomic E-state index is 5.97. The lowest BCUT2D eigenvalue weighted by Gasteiger charge is -2.36. The van der Waals surface area contributed by atoms with Crippen molar-refractivity contribution in [2.24, 2.45) is 5.73 Å². The minimum Gasteiger partial charge on any atom is -0.417 e. The highest BCUT2D eigenvalue weighted by Crippen LogP contribution is 2.16. The second-order valence-electron chi connectivity index (χ2n) is 3.90. The van der Waals surface area contributed by atoms with Crippen LogP contribution in [0.15, 0.2) is 0 Å². The maximum Gasteiger partial charge on any atom is 0.376 e. The zero-order chi connectivity index (χ0) is 9.84. The summed E-state index contributed by atoms with van der Waals surface area (Å²) >= 11 is 0. The van der Waals surface area contributed by atoms with Crippen molar-refractivity contribution in [3.8, 4) is 0 Å². The highest BCUT2D eigenvalue weighted by atomic mass is 16.5. The monoisotopic (exact) mass is 184 g/mol. The maximum absolute atomic E-state index is 5.97. The highest BCUT2D eigenvalue weighted by molar-refractivity contribution is 6.47. The van der Waals surface area contributed by atoms with Crippen molar-refractivity contribution in [2.45, 2.75) is 58.1 Å². The van der Waals surface area contributed by atoms with Gasteiger partial charge in [0, 0.05) is 12.1 Å². The molecule has 1 fully saturated rings. The molecule has 13 heavy (non-hydrogen) atoms. The van der Waals surface area contributed by atoms with Crippen LogP contribution in [0.5, 0.6) is 0 Å². The molecule has 3 unspecified atom stereocenters. The van der Waals surface area contributed by atoms with Gasteiger partial charge < -0.3 is 15.6 Å². The third kappa shape index (κ3) is 2.97. The van der Waals surface area contributed by atoms with Gasteiger partial charge in [-0.25, -0.2) is 0 Å². The highest BCUT2D eigenvalue weighted by Gasteiger charge is 2.30. The van der Waals surface area contributed by atoms with Gasteiger partial charge in [-0.05, 0) is 26.1 Å². The number of rotatable bonds is 3. The molecule has 0 aromatic carbocycles. The lowest BCUT2D eigenvalue weighted by molar-refractivity contribution is 0.117. The van der Waals surface area contributed by atoms with Crippen molar-refractivity contribution in [3.63, 3.8) is 0 Å². The molecule has 0 aromatic rings. The lowest BCUT2D eigenvalue weighted by Crippen LogP contribution is -2.55. The van der Waals surface area contributed by atoms with Gasteiger partial charge in [0.15, 0.2) is 0 Å². The molecule has 0 saturated carbocycles. The van der Waals surface area contributed by atoms with E-state index in [1.54, 1.807) is 0 Å². The third-order valence-corrected chi connectivity index (χ3v) is 2.81. The van der Waals surface area contributed by atoms with Gasteiger partial charge in [-0.2, -0.15) is 0 Å². The first-order chi connectivity index (χ1) is 6.17. The van der Waals surface area contributed by atoms with Crippen LogP contribution in [0.2, 0.25) is 6.82 Å². The van der Waals surface area contributed by atoms with Crippen molar-refractivity contribution in [1.29, 1.82) is 0 Å². The summed E-state index contributed by atoms with van der Waals surface area (Å²) in [5.41, 5.74) is 5.97. The topological polar surface area (TPSA) is 47.3 Å². The Morgan fingerprint density at radius 1 is 1.62 bits per heavy atom. The first-order valence-corrected chi connectivity index (χ1v) is 5.34. The fourth-order valence-electron chi connectivity index (χ4n) is 1.86. The van der Waals surface area contributed by atoms with E-state index in [0.29, 0.717) is 6.04 Å². The van der Waals surface area contributed by atoms with Crippen LogP contribution < -0.4 is 11.0 Å². The smallest absolute Gasteiger partial charge is 0.376 e. The van der Waals surface area contributed by atoms with Crippen LogP contribution in [0.3, 0.4) is 0 Å². The van der Waals surface area contributed by atoms with E-state index in [2.05, 4.69) is 25.9 Å². The van der Waals surface area contributed by atoms with Crippen LogP contribution in [0.25, 0.3) is 0 Å². The minimum atomic E-state index is 0.154. The molecule has 0 spiro atoms. The Balaban J connectivity index is 2.46. The third-order valence-electron chi connectivity index (χ3n) is 2.81. The van der Waals surface area contributed by atoms with Gasteiger partial charge in [-0.15, -0.1) is 0 Å². The van der Waals surface area contributed by atoms with Gasteiger partial charge in [0.1, 0.15) is 0 Å². The van der Waals surface area contributed by atoms with Crippen LogP contribution in [0.4, 0.5) is 0 Å². The molecular weight excluding hydrogens is 163 g/mol. The average molecular weight is 184 g/mol. The van der Waals surface area contributed by atoms with Gasteiger partial charge in [-0.1, -0.05) is 13.8 Å². The predicted molar refractivity (Wildman–Crippen MR) is 56.6 cm³/mol. The number of hydrogen-bond acceptors (Lipinski definition) is 3. The summed E-state index contributed by atoms with van der Waals surface area (Å²) in [6, 6.07) is 0.768. The summed E-state index contributed by atoms with van der Waals surface area (Å²) in [6.07, 6.45) is 3.44. The van der Waals surface area contributed by atoms with E-state index in [1.807, 2.05) is 0 Å². The summed E-state index contributed by atoms with van der Waals surface area (Å²) in [5.74, 6) is 0. The molecule has 0 bridgehead atoms. The Morgan fingerprint density at radius 2 is 2.31 bits per heavy atom. The normalized spacial score (nSPS) is 31.8. The fraction of sp³-hybridized carbons (Fsp3) is 1.00. The van der Waals surface area contributed by atoms with Crippen molar-refractivity contribution >= 4 is 7.05 Å². The molecule has 3 atom stereocenters. The van der Waals surface area contributed by atoms with Crippen molar-refractivity contribution in [2.75, 3.05) is 0 Å². The molecule has 0 radical (unpaired) electrons. The molecule has 1 heterocycles. The molecular formula is C9H21BN2O. The van der Waals surface area contributed by atoms with Crippen LogP contribution >= 0.6 is 0 Å². The molecule has 0 aromatic heterocycles. The molecule has 3 nitrogen and oxygen atoms in total. The Labute approximate surface area is 81.5 Å². The second-order valence-corrected chi connectivity index (χ2v) is 3.90. The van der Waals surface area contributed by atoms with Crippen LogP contribution in [-0.2, 0) is 4.65 Å². The van der Waals surface area contributed by atoms with Gasteiger partial charge in [0.25, 0.3) is 0 Å². The molecule has 0 aliphatic carbocycles. The summed E-state index contributed by atoms with van der Waals surface area (Å²) < 4.78 is 5.73. The molecule has 1 aliphatic rings. The van der Waals surface area contributed by atoms with E-state index in [0.717, 1.165) is 19.3 Å². The predicted octanol–water partition coefficient (Wildman–Crippen LogP) is 0.999.